The van der Waals surface area contributed by atoms with Crippen LogP contribution < -0.4 is 20.1 Å². The Bertz CT molecular complexity index is 491. The van der Waals surface area contributed by atoms with Gasteiger partial charge in [-0.05, 0) is 0 Å². The zero-order valence-corrected chi connectivity index (χ0v) is 12.7. The fourth-order valence-corrected chi connectivity index (χ4v) is 2.04. The summed E-state index contributed by atoms with van der Waals surface area (Å²) >= 11 is 0. The Hall–Kier alpha value is -1.24. The monoisotopic (exact) mass is 330 g/mol. The van der Waals surface area contributed by atoms with Gasteiger partial charge in [0.05, 0.1) is 25.6 Å². The average molecular weight is 330 g/mol. The van der Waals surface area contributed by atoms with Gasteiger partial charge >= 0.3 is 0 Å². The normalized spacial score (nSPS) is 11.9. The van der Waals surface area contributed by atoms with Crippen LogP contribution in [0.15, 0.2) is 0 Å². The minimum atomic E-state index is -3.56. The Labute approximate surface area is 117 Å². The molecule has 0 heterocycles. The van der Waals surface area contributed by atoms with E-state index in [9.17, 15) is 26.4 Å². The van der Waals surface area contributed by atoms with Crippen molar-refractivity contribution < 1.29 is 26.4 Å². The van der Waals surface area contributed by atoms with Crippen molar-refractivity contribution >= 4 is 31.9 Å². The highest BCUT2D eigenvalue weighted by Crippen LogP contribution is 1.75. The molecule has 0 rings (SSSR count). The molecule has 0 bridgehead atoms. The predicted molar refractivity (Wildman–Crippen MR) is 71.7 cm³/mol. The minimum Gasteiger partial charge on any atom is -0.307 e. The first-order valence-electron chi connectivity index (χ1n) is 5.42. The topological polar surface area (TPSA) is 151 Å². The molecule has 10 nitrogen and oxygen atoms in total. The lowest BCUT2D eigenvalue weighted by molar-refractivity contribution is -0.119. The summed E-state index contributed by atoms with van der Waals surface area (Å²) in [6, 6.07) is 0. The number of carbonyl (C=O) groups excluding carboxylic acids is 2. The van der Waals surface area contributed by atoms with Crippen LogP contribution in [0.2, 0.25) is 0 Å². The van der Waals surface area contributed by atoms with Crippen LogP contribution in [0.1, 0.15) is 0 Å². The van der Waals surface area contributed by atoms with Gasteiger partial charge in [-0.1, -0.05) is 0 Å². The van der Waals surface area contributed by atoms with Gasteiger partial charge in [-0.2, -0.15) is 0 Å². The van der Waals surface area contributed by atoms with Crippen LogP contribution in [0.5, 0.6) is 0 Å². The van der Waals surface area contributed by atoms with Gasteiger partial charge in [0, 0.05) is 13.1 Å². The third kappa shape index (κ3) is 13.2. The Kier molecular flexibility index (Phi) is 7.63. The second-order valence-corrected chi connectivity index (χ2v) is 7.45. The number of nitrogens with one attached hydrogen (secondary N) is 4. The average Bonchev–Trinajstić information content (AvgIpc) is 2.17. The standard InChI is InChI=1S/C8H18N4O6S2/c1-19(15,16)11-7(13)5-9-3-4-10-6-8(14)12-20(2,17)18/h9-10H,3-6H2,1-2H3,(H,11,13)(H,12,14). The van der Waals surface area contributed by atoms with Crippen molar-refractivity contribution in [3.63, 3.8) is 0 Å². The van der Waals surface area contributed by atoms with Crippen molar-refractivity contribution in [2.24, 2.45) is 0 Å². The summed E-state index contributed by atoms with van der Waals surface area (Å²) in [4.78, 5) is 22.1. The van der Waals surface area contributed by atoms with Crippen LogP contribution in [0.3, 0.4) is 0 Å². The summed E-state index contributed by atoms with van der Waals surface area (Å²) in [5.74, 6) is -1.38. The molecule has 0 radical (unpaired) electrons. The van der Waals surface area contributed by atoms with Gasteiger partial charge < -0.3 is 10.6 Å². The van der Waals surface area contributed by atoms with E-state index < -0.39 is 31.9 Å². The van der Waals surface area contributed by atoms with Crippen molar-refractivity contribution in [2.75, 3.05) is 38.7 Å². The second kappa shape index (κ2) is 8.14. The highest BCUT2D eigenvalue weighted by Gasteiger charge is 2.08. The second-order valence-electron chi connectivity index (χ2n) is 3.95. The van der Waals surface area contributed by atoms with Crippen molar-refractivity contribution in [2.45, 2.75) is 0 Å². The number of hydrogen-bond acceptors (Lipinski definition) is 8. The smallest absolute Gasteiger partial charge is 0.247 e. The Morgan fingerprint density at radius 3 is 1.30 bits per heavy atom. The van der Waals surface area contributed by atoms with Gasteiger partial charge in [-0.25, -0.2) is 16.8 Å². The molecule has 20 heavy (non-hydrogen) atoms. The molecule has 12 heteroatoms. The first-order valence-corrected chi connectivity index (χ1v) is 9.20. The molecule has 0 aromatic carbocycles. The third-order valence-corrected chi connectivity index (χ3v) is 2.85. The molecular formula is C8H18N4O6S2. The molecule has 0 unspecified atom stereocenters. The van der Waals surface area contributed by atoms with Gasteiger partial charge in [0.1, 0.15) is 0 Å². The molecule has 0 atom stereocenters. The number of carbonyl (C=O) groups is 2. The molecule has 0 aromatic rings. The molecule has 0 saturated carbocycles. The zero-order valence-electron chi connectivity index (χ0n) is 11.1. The van der Waals surface area contributed by atoms with E-state index >= 15 is 0 Å². The third-order valence-electron chi connectivity index (χ3n) is 1.65. The highest BCUT2D eigenvalue weighted by atomic mass is 32.2. The van der Waals surface area contributed by atoms with Crippen molar-refractivity contribution in [1.29, 1.82) is 0 Å². The largest absolute Gasteiger partial charge is 0.307 e. The molecule has 0 aliphatic heterocycles. The van der Waals surface area contributed by atoms with Crippen LogP contribution >= 0.6 is 0 Å². The maximum atomic E-state index is 11.1. The summed E-state index contributed by atoms with van der Waals surface area (Å²) in [5, 5.41) is 5.28. The van der Waals surface area contributed by atoms with Crippen LogP contribution in [0.4, 0.5) is 0 Å². The van der Waals surface area contributed by atoms with Crippen LogP contribution in [0, 0.1) is 0 Å². The van der Waals surface area contributed by atoms with E-state index in [0.717, 1.165) is 12.5 Å². The molecule has 0 saturated heterocycles. The number of rotatable bonds is 9. The number of hydrogen-bond donors (Lipinski definition) is 4. The van der Waals surface area contributed by atoms with Crippen molar-refractivity contribution in [3.05, 3.63) is 0 Å². The fourth-order valence-electron chi connectivity index (χ4n) is 1.07. The summed E-state index contributed by atoms with van der Waals surface area (Å²) in [6.07, 6.45) is 1.74. The number of amides is 2. The molecule has 4 N–H and O–H groups in total. The molecule has 0 fully saturated rings. The van der Waals surface area contributed by atoms with E-state index in [4.69, 9.17) is 0 Å². The van der Waals surface area contributed by atoms with E-state index in [-0.39, 0.29) is 13.1 Å². The van der Waals surface area contributed by atoms with Crippen molar-refractivity contribution in [3.8, 4) is 0 Å². The molecule has 2 amide bonds. The zero-order chi connectivity index (χ0) is 15.8. The van der Waals surface area contributed by atoms with Crippen LogP contribution in [0.25, 0.3) is 0 Å². The number of sulfonamides is 2. The molecule has 0 aliphatic carbocycles. The van der Waals surface area contributed by atoms with E-state index in [1.54, 1.807) is 9.44 Å². The predicted octanol–water partition coefficient (Wildman–Crippen LogP) is -3.68. The highest BCUT2D eigenvalue weighted by molar-refractivity contribution is 7.89. The Morgan fingerprint density at radius 1 is 0.750 bits per heavy atom. The summed E-state index contributed by atoms with van der Waals surface area (Å²) in [5.41, 5.74) is 0. The summed E-state index contributed by atoms with van der Waals surface area (Å²) in [7, 11) is -7.13. The van der Waals surface area contributed by atoms with E-state index in [2.05, 4.69) is 10.6 Å². The van der Waals surface area contributed by atoms with Crippen molar-refractivity contribution in [1.82, 2.24) is 20.1 Å². The minimum absolute atomic E-state index is 0.190. The van der Waals surface area contributed by atoms with Gasteiger partial charge in [0.2, 0.25) is 31.9 Å². The lowest BCUT2D eigenvalue weighted by Gasteiger charge is -2.06. The SMILES string of the molecule is CS(=O)(=O)NC(=O)CNCCNCC(=O)NS(C)(=O)=O. The Balaban J connectivity index is 3.64. The van der Waals surface area contributed by atoms with Gasteiger partial charge in [-0.3, -0.25) is 19.0 Å². The van der Waals surface area contributed by atoms with Gasteiger partial charge in [-0.15, -0.1) is 0 Å². The first-order chi connectivity index (χ1) is 8.99. The first kappa shape index (κ1) is 18.8. The Morgan fingerprint density at radius 2 is 1.05 bits per heavy atom. The maximum absolute atomic E-state index is 11.1. The molecule has 0 aliphatic rings. The van der Waals surface area contributed by atoms with Crippen LogP contribution in [-0.4, -0.2) is 67.3 Å². The van der Waals surface area contributed by atoms with E-state index in [1.165, 1.54) is 0 Å². The quantitative estimate of drug-likeness (QED) is 0.316. The molecule has 118 valence electrons. The van der Waals surface area contributed by atoms with Gasteiger partial charge in [0.25, 0.3) is 0 Å². The fraction of sp³-hybridized carbons (Fsp3) is 0.750. The lowest BCUT2D eigenvalue weighted by atomic mass is 10.5. The maximum Gasteiger partial charge on any atom is 0.247 e. The molecule has 0 aromatic heterocycles. The summed E-state index contributed by atoms with van der Waals surface area (Å²) < 4.78 is 46.3. The molecule has 0 spiro atoms. The molecular weight excluding hydrogens is 312 g/mol. The van der Waals surface area contributed by atoms with E-state index in [0.29, 0.717) is 13.1 Å². The van der Waals surface area contributed by atoms with Gasteiger partial charge in [0.15, 0.2) is 0 Å². The summed E-state index contributed by atoms with van der Waals surface area (Å²) in [6.45, 7) is 0.210. The van der Waals surface area contributed by atoms with E-state index in [1.807, 2.05) is 0 Å². The van der Waals surface area contributed by atoms with Crippen LogP contribution in [-0.2, 0) is 29.6 Å². The lowest BCUT2D eigenvalue weighted by Crippen LogP contribution is -2.41.